The monoisotopic (exact) mass is 418 g/mol. The van der Waals surface area contributed by atoms with Crippen molar-refractivity contribution in [3.8, 4) is 22.6 Å². The first-order chi connectivity index (χ1) is 15.0. The van der Waals surface area contributed by atoms with Crippen LogP contribution < -0.4 is 20.3 Å². The van der Waals surface area contributed by atoms with Crippen LogP contribution in [0.4, 0.5) is 0 Å². The van der Waals surface area contributed by atoms with Crippen molar-refractivity contribution in [3.63, 3.8) is 0 Å². The van der Waals surface area contributed by atoms with E-state index in [1.165, 1.54) is 5.56 Å². The maximum Gasteiger partial charge on any atom is 0.279 e. The highest BCUT2D eigenvalue weighted by Gasteiger charge is 2.15. The maximum absolute atomic E-state index is 12.1. The number of nitrogens with one attached hydrogen (secondary N) is 2. The van der Waals surface area contributed by atoms with Crippen molar-refractivity contribution in [1.82, 2.24) is 10.9 Å². The van der Waals surface area contributed by atoms with Crippen LogP contribution in [-0.2, 0) is 16.0 Å². The van der Waals surface area contributed by atoms with Crippen LogP contribution in [0.1, 0.15) is 19.4 Å². The molecule has 1 atom stereocenters. The van der Waals surface area contributed by atoms with Crippen LogP contribution in [0.5, 0.6) is 11.5 Å². The second-order valence-corrected chi connectivity index (χ2v) is 6.97. The van der Waals surface area contributed by atoms with Gasteiger partial charge in [0.05, 0.1) is 0 Å². The number of carbonyl (C=O) groups excluding carboxylic acids is 2. The highest BCUT2D eigenvalue weighted by atomic mass is 16.5. The minimum Gasteiger partial charge on any atom is -0.484 e. The topological polar surface area (TPSA) is 76.7 Å². The van der Waals surface area contributed by atoms with Gasteiger partial charge in [-0.05, 0) is 54.3 Å². The Morgan fingerprint density at radius 2 is 1.42 bits per heavy atom. The predicted octanol–water partition coefficient (Wildman–Crippen LogP) is 3.91. The molecule has 2 amide bonds. The molecule has 3 aromatic carbocycles. The number of benzene rings is 3. The zero-order chi connectivity index (χ0) is 22.1. The van der Waals surface area contributed by atoms with E-state index in [1.54, 1.807) is 19.1 Å². The van der Waals surface area contributed by atoms with Crippen molar-refractivity contribution in [2.75, 3.05) is 6.61 Å². The van der Waals surface area contributed by atoms with Crippen molar-refractivity contribution >= 4 is 11.8 Å². The fraction of sp³-hybridized carbons (Fsp3) is 0.200. The summed E-state index contributed by atoms with van der Waals surface area (Å²) in [4.78, 5) is 24.1. The summed E-state index contributed by atoms with van der Waals surface area (Å²) in [7, 11) is 0. The third kappa shape index (κ3) is 6.60. The molecule has 0 heterocycles. The summed E-state index contributed by atoms with van der Waals surface area (Å²) in [5.41, 5.74) is 8.03. The van der Waals surface area contributed by atoms with Gasteiger partial charge in [-0.15, -0.1) is 0 Å². The summed E-state index contributed by atoms with van der Waals surface area (Å²) < 4.78 is 11.1. The number of amides is 2. The maximum atomic E-state index is 12.1. The second kappa shape index (κ2) is 10.8. The molecule has 1 unspecified atom stereocenters. The number of hydrazine groups is 1. The lowest BCUT2D eigenvalue weighted by molar-refractivity contribution is -0.133. The first-order valence-corrected chi connectivity index (χ1v) is 10.2. The molecule has 0 aliphatic rings. The highest BCUT2D eigenvalue weighted by Crippen LogP contribution is 2.22. The fourth-order valence-corrected chi connectivity index (χ4v) is 2.85. The normalized spacial score (nSPS) is 11.3. The summed E-state index contributed by atoms with van der Waals surface area (Å²) >= 11 is 0. The molecular formula is C25H26N2O4. The Balaban J connectivity index is 1.40. The van der Waals surface area contributed by atoms with E-state index < -0.39 is 17.9 Å². The molecular weight excluding hydrogens is 392 g/mol. The molecule has 0 aromatic heterocycles. The summed E-state index contributed by atoms with van der Waals surface area (Å²) in [6.45, 7) is 3.46. The molecule has 31 heavy (non-hydrogen) atoms. The first-order valence-electron chi connectivity index (χ1n) is 10.2. The van der Waals surface area contributed by atoms with Gasteiger partial charge in [0.15, 0.2) is 12.7 Å². The molecule has 0 aliphatic heterocycles. The van der Waals surface area contributed by atoms with Gasteiger partial charge < -0.3 is 9.47 Å². The molecule has 0 aliphatic carbocycles. The van der Waals surface area contributed by atoms with Gasteiger partial charge in [0.25, 0.3) is 11.8 Å². The number of aryl methyl sites for hydroxylation is 1. The average Bonchev–Trinajstić information content (AvgIpc) is 2.82. The van der Waals surface area contributed by atoms with E-state index in [1.807, 2.05) is 66.7 Å². The molecule has 0 radical (unpaired) electrons. The number of rotatable bonds is 8. The van der Waals surface area contributed by atoms with Crippen LogP contribution >= 0.6 is 0 Å². The quantitative estimate of drug-likeness (QED) is 0.544. The lowest BCUT2D eigenvalue weighted by Gasteiger charge is -2.15. The van der Waals surface area contributed by atoms with Gasteiger partial charge >= 0.3 is 0 Å². The summed E-state index contributed by atoms with van der Waals surface area (Å²) in [6.07, 6.45) is 0.168. The lowest BCUT2D eigenvalue weighted by atomic mass is 10.1. The van der Waals surface area contributed by atoms with Crippen LogP contribution in [0.25, 0.3) is 11.1 Å². The van der Waals surface area contributed by atoms with Gasteiger partial charge in [0.2, 0.25) is 0 Å². The molecule has 6 heteroatoms. The Morgan fingerprint density at radius 1 is 0.806 bits per heavy atom. The van der Waals surface area contributed by atoms with Gasteiger partial charge in [-0.2, -0.15) is 0 Å². The van der Waals surface area contributed by atoms with Gasteiger partial charge in [-0.25, -0.2) is 0 Å². The lowest BCUT2D eigenvalue weighted by Crippen LogP contribution is -2.48. The molecule has 3 aromatic rings. The Hall–Kier alpha value is -3.80. The Labute approximate surface area is 182 Å². The third-order valence-corrected chi connectivity index (χ3v) is 4.67. The largest absolute Gasteiger partial charge is 0.484 e. The van der Waals surface area contributed by atoms with Crippen LogP contribution in [-0.4, -0.2) is 24.5 Å². The molecule has 0 saturated heterocycles. The van der Waals surface area contributed by atoms with Crippen LogP contribution in [0.2, 0.25) is 0 Å². The van der Waals surface area contributed by atoms with E-state index in [4.69, 9.17) is 9.47 Å². The van der Waals surface area contributed by atoms with Crippen LogP contribution in [0.15, 0.2) is 78.9 Å². The standard InChI is InChI=1S/C25H26N2O4/c1-3-19-9-13-23(14-10-19)31-18(2)25(29)27-26-24(28)17-30-22-15-11-21(12-16-22)20-7-5-4-6-8-20/h4-16,18H,3,17H2,1-2H3,(H,26,28)(H,27,29). The predicted molar refractivity (Wildman–Crippen MR) is 120 cm³/mol. The van der Waals surface area contributed by atoms with Crippen molar-refractivity contribution < 1.29 is 19.1 Å². The number of hydrogen-bond acceptors (Lipinski definition) is 4. The van der Waals surface area contributed by atoms with Gasteiger partial charge in [0, 0.05) is 0 Å². The Morgan fingerprint density at radius 3 is 2.06 bits per heavy atom. The number of hydrogen-bond donors (Lipinski definition) is 2. The highest BCUT2D eigenvalue weighted by molar-refractivity contribution is 5.85. The van der Waals surface area contributed by atoms with Gasteiger partial charge in [-0.1, -0.05) is 61.5 Å². The number of ether oxygens (including phenoxy) is 2. The zero-order valence-electron chi connectivity index (χ0n) is 17.6. The van der Waals surface area contributed by atoms with Crippen molar-refractivity contribution in [3.05, 3.63) is 84.4 Å². The Kier molecular flexibility index (Phi) is 7.65. The minimum absolute atomic E-state index is 0.224. The van der Waals surface area contributed by atoms with Gasteiger partial charge in [0.1, 0.15) is 11.5 Å². The molecule has 160 valence electrons. The molecule has 2 N–H and O–H groups in total. The van der Waals surface area contributed by atoms with E-state index >= 15 is 0 Å². The molecule has 6 nitrogen and oxygen atoms in total. The van der Waals surface area contributed by atoms with Crippen LogP contribution in [0.3, 0.4) is 0 Å². The number of carbonyl (C=O) groups is 2. The smallest absolute Gasteiger partial charge is 0.279 e. The average molecular weight is 418 g/mol. The van der Waals surface area contributed by atoms with Crippen molar-refractivity contribution in [2.45, 2.75) is 26.4 Å². The van der Waals surface area contributed by atoms with Crippen molar-refractivity contribution in [2.24, 2.45) is 0 Å². The van der Waals surface area contributed by atoms with E-state index in [0.717, 1.165) is 17.5 Å². The molecule has 3 rings (SSSR count). The van der Waals surface area contributed by atoms with Gasteiger partial charge in [-0.3, -0.25) is 20.4 Å². The van der Waals surface area contributed by atoms with E-state index in [9.17, 15) is 9.59 Å². The third-order valence-electron chi connectivity index (χ3n) is 4.67. The minimum atomic E-state index is -0.765. The summed E-state index contributed by atoms with van der Waals surface area (Å²) in [6, 6.07) is 25.0. The van der Waals surface area contributed by atoms with E-state index in [-0.39, 0.29) is 6.61 Å². The van der Waals surface area contributed by atoms with Crippen LogP contribution in [0, 0.1) is 0 Å². The van der Waals surface area contributed by atoms with E-state index in [0.29, 0.717) is 11.5 Å². The molecule has 0 bridgehead atoms. The molecule has 0 spiro atoms. The van der Waals surface area contributed by atoms with Crippen molar-refractivity contribution in [1.29, 1.82) is 0 Å². The zero-order valence-corrected chi connectivity index (χ0v) is 17.6. The summed E-state index contributed by atoms with van der Waals surface area (Å²) in [5.74, 6) is 0.224. The Bertz CT molecular complexity index is 986. The molecule has 0 saturated carbocycles. The van der Waals surface area contributed by atoms with E-state index in [2.05, 4.69) is 17.8 Å². The second-order valence-electron chi connectivity index (χ2n) is 6.97. The molecule has 0 fully saturated rings. The fourth-order valence-electron chi connectivity index (χ4n) is 2.85. The first kappa shape index (κ1) is 21.9. The SMILES string of the molecule is CCc1ccc(OC(C)C(=O)NNC(=O)COc2ccc(-c3ccccc3)cc2)cc1. The summed E-state index contributed by atoms with van der Waals surface area (Å²) in [5, 5.41) is 0.